The fraction of sp³-hybridized carbons (Fsp3) is 0.294. The minimum Gasteiger partial charge on any atom is -0.341 e. The molecule has 1 aromatic heterocycles. The van der Waals surface area contributed by atoms with Gasteiger partial charge in [0.05, 0.1) is 6.42 Å². The fourth-order valence-electron chi connectivity index (χ4n) is 3.01. The van der Waals surface area contributed by atoms with Gasteiger partial charge < -0.3 is 10.3 Å². The second kappa shape index (κ2) is 6.42. The monoisotopic (exact) mass is 342 g/mol. The number of nitrogens with two attached hydrogens (primary N) is 1. The van der Waals surface area contributed by atoms with E-state index < -0.39 is 18.6 Å². The largest absolute Gasteiger partial charge is 0.390 e. The molecule has 2 aromatic carbocycles. The highest BCUT2D eigenvalue weighted by Crippen LogP contribution is 2.33. The lowest BCUT2D eigenvalue weighted by Gasteiger charge is -2.14. The number of benzene rings is 2. The molecule has 6 heteroatoms. The average molecular weight is 343 g/mol. The van der Waals surface area contributed by atoms with E-state index in [0.717, 1.165) is 28.4 Å². The van der Waals surface area contributed by atoms with E-state index in [1.807, 2.05) is 30.3 Å². The molecule has 2 N–H and O–H groups in total. The third kappa shape index (κ3) is 3.31. The molecule has 124 valence electrons. The van der Waals surface area contributed by atoms with Gasteiger partial charge >= 0.3 is 6.18 Å². The van der Waals surface area contributed by atoms with Crippen molar-refractivity contribution < 1.29 is 13.2 Å². The Kier molecular flexibility index (Phi) is 4.92. The number of nitrogens with zero attached hydrogens (tertiary/aromatic N) is 1. The fourth-order valence-corrected chi connectivity index (χ4v) is 3.01. The maximum Gasteiger partial charge on any atom is 0.390 e. The second-order valence-electron chi connectivity index (χ2n) is 5.46. The lowest BCUT2D eigenvalue weighted by atomic mass is 10.0. The normalized spacial score (nSPS) is 13.3. The summed E-state index contributed by atoms with van der Waals surface area (Å²) in [7, 11) is 0. The van der Waals surface area contributed by atoms with Gasteiger partial charge in [0.1, 0.15) is 0 Å². The molecule has 1 atom stereocenters. The summed E-state index contributed by atoms with van der Waals surface area (Å²) in [5.74, 6) is 0. The van der Waals surface area contributed by atoms with Crippen molar-refractivity contribution in [2.75, 3.05) is 0 Å². The van der Waals surface area contributed by atoms with Gasteiger partial charge in [-0.2, -0.15) is 13.2 Å². The van der Waals surface area contributed by atoms with Crippen LogP contribution in [0.15, 0.2) is 42.5 Å². The number of para-hydroxylation sites is 1. The third-order valence-corrected chi connectivity index (χ3v) is 3.99. The van der Waals surface area contributed by atoms with Gasteiger partial charge in [0.15, 0.2) is 0 Å². The standard InChI is InChI=1S/C17H17F3N2.ClH/c1-2-22-15-6-4-3-5-12(15)13-9-11(7-8-16(13)22)14(21)10-17(18,19)20;/h3-9,14H,2,10,21H2,1H3;1H/t14-;/m0./s1. The van der Waals surface area contributed by atoms with Crippen LogP contribution in [0.5, 0.6) is 0 Å². The maximum atomic E-state index is 12.5. The summed E-state index contributed by atoms with van der Waals surface area (Å²) in [5.41, 5.74) is 8.35. The molecular formula is C17H18ClF3N2. The molecule has 0 fully saturated rings. The molecule has 0 amide bonds. The van der Waals surface area contributed by atoms with Gasteiger partial charge in [-0.25, -0.2) is 0 Å². The summed E-state index contributed by atoms with van der Waals surface area (Å²) in [5, 5.41) is 1.99. The number of hydrogen-bond donors (Lipinski definition) is 1. The van der Waals surface area contributed by atoms with Crippen LogP contribution in [-0.2, 0) is 6.54 Å². The lowest BCUT2D eigenvalue weighted by molar-refractivity contribution is -0.138. The van der Waals surface area contributed by atoms with Crippen molar-refractivity contribution in [1.82, 2.24) is 4.57 Å². The van der Waals surface area contributed by atoms with Crippen LogP contribution in [-0.4, -0.2) is 10.7 Å². The van der Waals surface area contributed by atoms with Gasteiger partial charge in [0, 0.05) is 34.4 Å². The third-order valence-electron chi connectivity index (χ3n) is 3.99. The Balaban J connectivity index is 0.00000192. The predicted octanol–water partition coefficient (Wildman–Crippen LogP) is 5.19. The van der Waals surface area contributed by atoms with Crippen LogP contribution in [0.2, 0.25) is 0 Å². The first-order chi connectivity index (χ1) is 10.4. The quantitative estimate of drug-likeness (QED) is 0.697. The minimum absolute atomic E-state index is 0. The topological polar surface area (TPSA) is 30.9 Å². The zero-order valence-corrected chi connectivity index (χ0v) is 13.4. The summed E-state index contributed by atoms with van der Waals surface area (Å²) >= 11 is 0. The first kappa shape index (κ1) is 17.6. The molecule has 23 heavy (non-hydrogen) atoms. The lowest BCUT2D eigenvalue weighted by Crippen LogP contribution is -2.20. The number of rotatable bonds is 3. The number of alkyl halides is 3. The summed E-state index contributed by atoms with van der Waals surface area (Å²) in [6, 6.07) is 12.2. The molecule has 0 saturated carbocycles. The highest BCUT2D eigenvalue weighted by atomic mass is 35.5. The van der Waals surface area contributed by atoms with Crippen LogP contribution in [0.1, 0.15) is 24.9 Å². The Morgan fingerprint density at radius 1 is 1.04 bits per heavy atom. The van der Waals surface area contributed by atoms with Gasteiger partial charge in [0.25, 0.3) is 0 Å². The van der Waals surface area contributed by atoms with Crippen LogP contribution in [0.4, 0.5) is 13.2 Å². The molecule has 2 nitrogen and oxygen atoms in total. The van der Waals surface area contributed by atoms with Gasteiger partial charge in [-0.1, -0.05) is 24.3 Å². The van der Waals surface area contributed by atoms with Crippen LogP contribution >= 0.6 is 12.4 Å². The number of halogens is 4. The SMILES string of the molecule is CCn1c2ccccc2c2cc([C@@H](N)CC(F)(F)F)ccc21.Cl. The first-order valence-electron chi connectivity index (χ1n) is 7.24. The zero-order chi connectivity index (χ0) is 15.9. The number of aryl methyl sites for hydroxylation is 1. The van der Waals surface area contributed by atoms with Crippen molar-refractivity contribution in [2.24, 2.45) is 5.73 Å². The smallest absolute Gasteiger partial charge is 0.341 e. The maximum absolute atomic E-state index is 12.5. The van der Waals surface area contributed by atoms with E-state index in [1.165, 1.54) is 0 Å². The molecular weight excluding hydrogens is 325 g/mol. The van der Waals surface area contributed by atoms with Crippen molar-refractivity contribution >= 4 is 34.2 Å². The van der Waals surface area contributed by atoms with Gasteiger partial charge in [-0.15, -0.1) is 12.4 Å². The van der Waals surface area contributed by atoms with Gasteiger partial charge in [0.2, 0.25) is 0 Å². The molecule has 3 aromatic rings. The van der Waals surface area contributed by atoms with E-state index in [0.29, 0.717) is 5.56 Å². The molecule has 3 rings (SSSR count). The average Bonchev–Trinajstić information content (AvgIpc) is 2.78. The Labute approximate surface area is 138 Å². The van der Waals surface area contributed by atoms with Crippen molar-refractivity contribution in [3.05, 3.63) is 48.0 Å². The first-order valence-corrected chi connectivity index (χ1v) is 7.24. The molecule has 0 radical (unpaired) electrons. The van der Waals surface area contributed by atoms with Crippen molar-refractivity contribution in [2.45, 2.75) is 32.1 Å². The second-order valence-corrected chi connectivity index (χ2v) is 5.46. The van der Waals surface area contributed by atoms with Gasteiger partial charge in [-0.05, 0) is 30.7 Å². The van der Waals surface area contributed by atoms with Crippen molar-refractivity contribution in [3.63, 3.8) is 0 Å². The molecule has 1 heterocycles. The van der Waals surface area contributed by atoms with Crippen LogP contribution in [0.3, 0.4) is 0 Å². The summed E-state index contributed by atoms with van der Waals surface area (Å²) in [4.78, 5) is 0. The predicted molar refractivity (Wildman–Crippen MR) is 90.0 cm³/mol. The van der Waals surface area contributed by atoms with E-state index in [4.69, 9.17) is 5.73 Å². The molecule has 0 unspecified atom stereocenters. The molecule has 0 aliphatic carbocycles. The molecule has 0 aliphatic heterocycles. The van der Waals surface area contributed by atoms with Crippen LogP contribution in [0, 0.1) is 0 Å². The number of aromatic nitrogens is 1. The minimum atomic E-state index is -4.26. The Morgan fingerprint density at radius 2 is 1.70 bits per heavy atom. The Morgan fingerprint density at radius 3 is 2.35 bits per heavy atom. The molecule has 0 saturated heterocycles. The summed E-state index contributed by atoms with van der Waals surface area (Å²) < 4.78 is 39.8. The van der Waals surface area contributed by atoms with E-state index in [-0.39, 0.29) is 12.4 Å². The summed E-state index contributed by atoms with van der Waals surface area (Å²) in [6.45, 7) is 2.85. The van der Waals surface area contributed by atoms with Crippen molar-refractivity contribution in [1.29, 1.82) is 0 Å². The molecule has 0 aliphatic rings. The highest BCUT2D eigenvalue weighted by molar-refractivity contribution is 6.08. The van der Waals surface area contributed by atoms with E-state index >= 15 is 0 Å². The van der Waals surface area contributed by atoms with Crippen molar-refractivity contribution in [3.8, 4) is 0 Å². The summed E-state index contributed by atoms with van der Waals surface area (Å²) in [6.07, 6.45) is -5.27. The number of fused-ring (bicyclic) bond motifs is 3. The van der Waals surface area contributed by atoms with E-state index in [9.17, 15) is 13.2 Å². The number of hydrogen-bond acceptors (Lipinski definition) is 1. The van der Waals surface area contributed by atoms with Gasteiger partial charge in [-0.3, -0.25) is 0 Å². The zero-order valence-electron chi connectivity index (χ0n) is 12.6. The van der Waals surface area contributed by atoms with E-state index in [2.05, 4.69) is 11.5 Å². The van der Waals surface area contributed by atoms with E-state index in [1.54, 1.807) is 12.1 Å². The highest BCUT2D eigenvalue weighted by Gasteiger charge is 2.31. The van der Waals surface area contributed by atoms with Crippen LogP contribution < -0.4 is 5.73 Å². The Hall–Kier alpha value is -1.72. The molecule has 0 spiro atoms. The van der Waals surface area contributed by atoms with Crippen LogP contribution in [0.25, 0.3) is 21.8 Å². The molecule has 0 bridgehead atoms. The Bertz CT molecular complexity index is 824.